The smallest absolute Gasteiger partial charge is 0.248 e. The van der Waals surface area contributed by atoms with E-state index in [0.29, 0.717) is 23.2 Å². The maximum Gasteiger partial charge on any atom is 0.248 e. The van der Waals surface area contributed by atoms with E-state index in [-0.39, 0.29) is 5.82 Å². The Morgan fingerprint density at radius 1 is 1.12 bits per heavy atom. The van der Waals surface area contributed by atoms with Crippen molar-refractivity contribution >= 4 is 29.0 Å². The summed E-state index contributed by atoms with van der Waals surface area (Å²) in [6.45, 7) is 4.38. The van der Waals surface area contributed by atoms with Gasteiger partial charge in [-0.25, -0.2) is 14.1 Å². The Balaban J connectivity index is 1.64. The molecule has 0 radical (unpaired) electrons. The van der Waals surface area contributed by atoms with Crippen molar-refractivity contribution in [1.29, 1.82) is 0 Å². The quantitative estimate of drug-likeness (QED) is 0.696. The minimum absolute atomic E-state index is 0.264. The van der Waals surface area contributed by atoms with Crippen molar-refractivity contribution in [3.05, 3.63) is 71.3 Å². The molecule has 25 heavy (non-hydrogen) atoms. The van der Waals surface area contributed by atoms with E-state index in [1.165, 1.54) is 18.0 Å². The molecular weight excluding hydrogens is 337 g/mol. The zero-order valence-corrected chi connectivity index (χ0v) is 14.8. The molecule has 0 unspecified atom stereocenters. The first-order valence-electron chi connectivity index (χ1n) is 7.80. The monoisotopic (exact) mass is 355 g/mol. The zero-order chi connectivity index (χ0) is 17.8. The van der Waals surface area contributed by atoms with E-state index in [1.54, 1.807) is 22.9 Å². The molecule has 0 saturated carbocycles. The van der Waals surface area contributed by atoms with Gasteiger partial charge < -0.3 is 5.32 Å². The predicted molar refractivity (Wildman–Crippen MR) is 101 cm³/mol. The fraction of sp³-hybridized carbons (Fsp3) is 0.167. The molecule has 2 N–H and O–H groups in total. The summed E-state index contributed by atoms with van der Waals surface area (Å²) >= 11 is 5.31. The van der Waals surface area contributed by atoms with Crippen LogP contribution >= 0.6 is 12.2 Å². The molecular formula is C18H18FN5S. The van der Waals surface area contributed by atoms with Crippen molar-refractivity contribution in [2.75, 3.05) is 10.6 Å². The second-order valence-corrected chi connectivity index (χ2v) is 6.09. The van der Waals surface area contributed by atoms with E-state index < -0.39 is 0 Å². The molecule has 0 saturated heterocycles. The van der Waals surface area contributed by atoms with Gasteiger partial charge in [0.25, 0.3) is 0 Å². The summed E-state index contributed by atoms with van der Waals surface area (Å²) in [6.07, 6.45) is 1.54. The molecule has 2 aromatic carbocycles. The second-order valence-electron chi connectivity index (χ2n) is 5.68. The Morgan fingerprint density at radius 3 is 2.72 bits per heavy atom. The van der Waals surface area contributed by atoms with Crippen LogP contribution < -0.4 is 10.6 Å². The number of halogens is 1. The van der Waals surface area contributed by atoms with E-state index in [0.717, 1.165) is 11.3 Å². The Bertz CT molecular complexity index is 906. The second kappa shape index (κ2) is 7.40. The molecule has 0 bridgehead atoms. The molecule has 0 aliphatic rings. The van der Waals surface area contributed by atoms with Crippen molar-refractivity contribution in [2.45, 2.75) is 20.4 Å². The van der Waals surface area contributed by atoms with Crippen molar-refractivity contribution in [1.82, 2.24) is 14.8 Å². The summed E-state index contributed by atoms with van der Waals surface area (Å²) in [6, 6.07) is 12.6. The first kappa shape index (κ1) is 17.0. The molecule has 0 amide bonds. The van der Waals surface area contributed by atoms with Crippen molar-refractivity contribution < 1.29 is 4.39 Å². The van der Waals surface area contributed by atoms with E-state index >= 15 is 0 Å². The summed E-state index contributed by atoms with van der Waals surface area (Å²) in [5, 5.41) is 10.7. The van der Waals surface area contributed by atoms with E-state index in [4.69, 9.17) is 12.2 Å². The number of rotatable bonds is 4. The molecule has 5 nitrogen and oxygen atoms in total. The molecule has 0 atom stereocenters. The lowest BCUT2D eigenvalue weighted by atomic mass is 10.1. The van der Waals surface area contributed by atoms with Crippen molar-refractivity contribution in [2.24, 2.45) is 0 Å². The zero-order valence-electron chi connectivity index (χ0n) is 14.0. The summed E-state index contributed by atoms with van der Waals surface area (Å²) in [7, 11) is 0. The number of aryl methyl sites for hydroxylation is 1. The lowest BCUT2D eigenvalue weighted by Crippen LogP contribution is -2.20. The van der Waals surface area contributed by atoms with Crippen molar-refractivity contribution in [3.8, 4) is 0 Å². The van der Waals surface area contributed by atoms with Gasteiger partial charge in [0.05, 0.1) is 6.54 Å². The Kier molecular flexibility index (Phi) is 5.04. The molecule has 7 heteroatoms. The van der Waals surface area contributed by atoms with Gasteiger partial charge in [0, 0.05) is 11.3 Å². The minimum atomic E-state index is -0.264. The number of hydrogen-bond donors (Lipinski definition) is 2. The summed E-state index contributed by atoms with van der Waals surface area (Å²) in [4.78, 5) is 4.15. The fourth-order valence-corrected chi connectivity index (χ4v) is 2.57. The minimum Gasteiger partial charge on any atom is -0.332 e. The molecule has 0 fully saturated rings. The van der Waals surface area contributed by atoms with Gasteiger partial charge in [-0.2, -0.15) is 0 Å². The Hall–Kier alpha value is -2.80. The standard InChI is InChI=1S/C18H18FN5S/c1-12-6-5-9-16(13(12)2)21-18(25)22-17-20-11-24(23-17)10-14-7-3-4-8-15(14)19/h3-9,11H,10H2,1-2H3,(H2,21,22,23,25). The highest BCUT2D eigenvalue weighted by atomic mass is 32.1. The van der Waals surface area contributed by atoms with Crippen LogP contribution in [-0.2, 0) is 6.54 Å². The number of hydrogen-bond acceptors (Lipinski definition) is 3. The van der Waals surface area contributed by atoms with E-state index in [2.05, 4.69) is 20.7 Å². The van der Waals surface area contributed by atoms with Crippen LogP contribution in [-0.4, -0.2) is 19.9 Å². The predicted octanol–water partition coefficient (Wildman–Crippen LogP) is 3.89. The largest absolute Gasteiger partial charge is 0.332 e. The molecule has 0 aliphatic heterocycles. The molecule has 0 aliphatic carbocycles. The van der Waals surface area contributed by atoms with E-state index in [9.17, 15) is 4.39 Å². The topological polar surface area (TPSA) is 54.8 Å². The van der Waals surface area contributed by atoms with Crippen LogP contribution in [0.1, 0.15) is 16.7 Å². The van der Waals surface area contributed by atoms with Crippen LogP contribution in [0.3, 0.4) is 0 Å². The normalized spacial score (nSPS) is 10.5. The summed E-state index contributed by atoms with van der Waals surface area (Å²) in [5.74, 6) is 0.0961. The van der Waals surface area contributed by atoms with Crippen LogP contribution in [0.25, 0.3) is 0 Å². The van der Waals surface area contributed by atoms with Gasteiger partial charge in [-0.1, -0.05) is 30.3 Å². The number of anilines is 2. The highest BCUT2D eigenvalue weighted by Crippen LogP contribution is 2.18. The molecule has 128 valence electrons. The van der Waals surface area contributed by atoms with Crippen LogP contribution in [0.4, 0.5) is 16.0 Å². The number of nitrogens with zero attached hydrogens (tertiary/aromatic N) is 3. The van der Waals surface area contributed by atoms with Gasteiger partial charge in [0.1, 0.15) is 12.1 Å². The maximum atomic E-state index is 13.7. The highest BCUT2D eigenvalue weighted by molar-refractivity contribution is 7.80. The lowest BCUT2D eigenvalue weighted by molar-refractivity contribution is 0.585. The summed E-state index contributed by atoms with van der Waals surface area (Å²) < 4.78 is 15.3. The third kappa shape index (κ3) is 4.19. The van der Waals surface area contributed by atoms with E-state index in [1.807, 2.05) is 32.0 Å². The average molecular weight is 355 g/mol. The Morgan fingerprint density at radius 2 is 1.92 bits per heavy atom. The highest BCUT2D eigenvalue weighted by Gasteiger charge is 2.08. The van der Waals surface area contributed by atoms with Gasteiger partial charge in [0.15, 0.2) is 5.11 Å². The third-order valence-electron chi connectivity index (χ3n) is 3.90. The Labute approximate surface area is 150 Å². The first-order valence-corrected chi connectivity index (χ1v) is 8.21. The van der Waals surface area contributed by atoms with Crippen LogP contribution in [0.2, 0.25) is 0 Å². The van der Waals surface area contributed by atoms with Crippen molar-refractivity contribution in [3.63, 3.8) is 0 Å². The molecule has 3 aromatic rings. The maximum absolute atomic E-state index is 13.7. The lowest BCUT2D eigenvalue weighted by Gasteiger charge is -2.12. The number of nitrogens with one attached hydrogen (secondary N) is 2. The van der Waals surface area contributed by atoms with Gasteiger partial charge in [-0.3, -0.25) is 5.32 Å². The molecule has 1 heterocycles. The fourth-order valence-electron chi connectivity index (χ4n) is 2.37. The number of benzene rings is 2. The van der Waals surface area contributed by atoms with Gasteiger partial charge >= 0.3 is 0 Å². The van der Waals surface area contributed by atoms with Crippen LogP contribution in [0, 0.1) is 19.7 Å². The van der Waals surface area contributed by atoms with Gasteiger partial charge in [-0.15, -0.1) is 5.10 Å². The van der Waals surface area contributed by atoms with Gasteiger partial charge in [0.2, 0.25) is 5.95 Å². The van der Waals surface area contributed by atoms with Gasteiger partial charge in [-0.05, 0) is 49.3 Å². The number of thiocarbonyl (C=S) groups is 1. The first-order chi connectivity index (χ1) is 12.0. The summed E-state index contributed by atoms with van der Waals surface area (Å²) in [5.41, 5.74) is 3.79. The SMILES string of the molecule is Cc1cccc(NC(=S)Nc2ncn(Cc3ccccc3F)n2)c1C. The molecule has 1 aromatic heterocycles. The number of aromatic nitrogens is 3. The molecule has 3 rings (SSSR count). The van der Waals surface area contributed by atoms with Crippen LogP contribution in [0.15, 0.2) is 48.8 Å². The average Bonchev–Trinajstić information content (AvgIpc) is 3.01. The van der Waals surface area contributed by atoms with Crippen LogP contribution in [0.5, 0.6) is 0 Å². The third-order valence-corrected chi connectivity index (χ3v) is 4.11. The molecule has 0 spiro atoms.